The van der Waals surface area contributed by atoms with E-state index in [1.165, 1.54) is 7.11 Å². The summed E-state index contributed by atoms with van der Waals surface area (Å²) in [7, 11) is 1.34. The van der Waals surface area contributed by atoms with E-state index in [0.29, 0.717) is 12.1 Å². The maximum absolute atomic E-state index is 11.4. The monoisotopic (exact) mass is 232 g/mol. The van der Waals surface area contributed by atoms with Gasteiger partial charge in [-0.1, -0.05) is 13.0 Å². The standard InChI is InChI=1S/C13H16N2O2/c1-3-10(6-5-9-14)11-7-4-8-12(15-11)13(16)17-2/h4,7-8,10H,3,5-6H2,1-2H3. The molecule has 0 radical (unpaired) electrons. The van der Waals surface area contributed by atoms with Gasteiger partial charge in [-0.15, -0.1) is 0 Å². The Hall–Kier alpha value is -1.89. The van der Waals surface area contributed by atoms with Crippen molar-refractivity contribution in [2.45, 2.75) is 32.1 Å². The number of carbonyl (C=O) groups is 1. The highest BCUT2D eigenvalue weighted by Gasteiger charge is 2.13. The van der Waals surface area contributed by atoms with E-state index in [4.69, 9.17) is 5.26 Å². The molecule has 4 nitrogen and oxygen atoms in total. The molecule has 4 heteroatoms. The van der Waals surface area contributed by atoms with Gasteiger partial charge in [-0.2, -0.15) is 5.26 Å². The molecule has 1 heterocycles. The van der Waals surface area contributed by atoms with Crippen molar-refractivity contribution >= 4 is 5.97 Å². The van der Waals surface area contributed by atoms with Crippen molar-refractivity contribution < 1.29 is 9.53 Å². The second kappa shape index (κ2) is 6.64. The lowest BCUT2D eigenvalue weighted by molar-refractivity contribution is 0.0593. The summed E-state index contributed by atoms with van der Waals surface area (Å²) >= 11 is 0. The predicted molar refractivity (Wildman–Crippen MR) is 63.5 cm³/mol. The zero-order chi connectivity index (χ0) is 12.7. The molecule has 0 aliphatic carbocycles. The molecule has 0 aromatic carbocycles. The van der Waals surface area contributed by atoms with Gasteiger partial charge in [0.1, 0.15) is 5.69 Å². The van der Waals surface area contributed by atoms with Crippen molar-refractivity contribution in [3.8, 4) is 6.07 Å². The molecule has 0 aliphatic heterocycles. The minimum Gasteiger partial charge on any atom is -0.464 e. The van der Waals surface area contributed by atoms with Crippen LogP contribution in [0.4, 0.5) is 0 Å². The Morgan fingerprint density at radius 3 is 2.94 bits per heavy atom. The number of rotatable bonds is 5. The van der Waals surface area contributed by atoms with Gasteiger partial charge in [0.05, 0.1) is 13.2 Å². The molecule has 0 amide bonds. The molecular weight excluding hydrogens is 216 g/mol. The van der Waals surface area contributed by atoms with E-state index >= 15 is 0 Å². The summed E-state index contributed by atoms with van der Waals surface area (Å²) in [6, 6.07) is 7.44. The molecule has 90 valence electrons. The molecule has 1 rings (SSSR count). The fourth-order valence-corrected chi connectivity index (χ4v) is 1.70. The molecule has 0 saturated heterocycles. The van der Waals surface area contributed by atoms with Crippen LogP contribution in [0, 0.1) is 11.3 Å². The number of hydrogen-bond donors (Lipinski definition) is 0. The molecule has 0 saturated carbocycles. The Bertz CT molecular complexity index is 424. The Labute approximate surface area is 101 Å². The summed E-state index contributed by atoms with van der Waals surface area (Å²) in [5.41, 5.74) is 1.17. The molecule has 0 spiro atoms. The number of methoxy groups -OCH3 is 1. The SMILES string of the molecule is CCC(CCC#N)c1cccc(C(=O)OC)n1. The number of esters is 1. The van der Waals surface area contributed by atoms with Gasteiger partial charge in [0, 0.05) is 18.0 Å². The maximum Gasteiger partial charge on any atom is 0.356 e. The first kappa shape index (κ1) is 13.2. The van der Waals surface area contributed by atoms with Gasteiger partial charge in [-0.25, -0.2) is 9.78 Å². The molecule has 0 fully saturated rings. The lowest BCUT2D eigenvalue weighted by Crippen LogP contribution is -2.08. The zero-order valence-electron chi connectivity index (χ0n) is 10.1. The van der Waals surface area contributed by atoms with Gasteiger partial charge in [-0.3, -0.25) is 0 Å². The smallest absolute Gasteiger partial charge is 0.356 e. The highest BCUT2D eigenvalue weighted by atomic mass is 16.5. The van der Waals surface area contributed by atoms with Crippen molar-refractivity contribution in [2.24, 2.45) is 0 Å². The third kappa shape index (κ3) is 3.56. The average molecular weight is 232 g/mol. The minimum absolute atomic E-state index is 0.222. The van der Waals surface area contributed by atoms with E-state index in [1.807, 2.05) is 6.07 Å². The Balaban J connectivity index is 2.89. The van der Waals surface area contributed by atoms with Crippen LogP contribution in [0.25, 0.3) is 0 Å². The second-order valence-corrected chi connectivity index (χ2v) is 3.74. The largest absolute Gasteiger partial charge is 0.464 e. The summed E-state index contributed by atoms with van der Waals surface area (Å²) in [6.45, 7) is 2.05. The van der Waals surface area contributed by atoms with Crippen molar-refractivity contribution in [3.63, 3.8) is 0 Å². The van der Waals surface area contributed by atoms with Crippen LogP contribution in [0.5, 0.6) is 0 Å². The number of hydrogen-bond acceptors (Lipinski definition) is 4. The van der Waals surface area contributed by atoms with Crippen LogP contribution in [0.3, 0.4) is 0 Å². The highest BCUT2D eigenvalue weighted by molar-refractivity contribution is 5.87. The van der Waals surface area contributed by atoms with Crippen molar-refractivity contribution in [2.75, 3.05) is 7.11 Å². The first-order valence-electron chi connectivity index (χ1n) is 5.65. The fourth-order valence-electron chi connectivity index (χ4n) is 1.70. The first-order chi connectivity index (χ1) is 8.22. The summed E-state index contributed by atoms with van der Waals surface area (Å²) in [5.74, 6) is -0.207. The predicted octanol–water partition coefficient (Wildman–Crippen LogP) is 2.67. The van der Waals surface area contributed by atoms with Crippen LogP contribution in [-0.2, 0) is 4.74 Å². The highest BCUT2D eigenvalue weighted by Crippen LogP contribution is 2.23. The normalized spacial score (nSPS) is 11.6. The van der Waals surface area contributed by atoms with E-state index in [0.717, 1.165) is 18.5 Å². The Morgan fingerprint density at radius 2 is 2.35 bits per heavy atom. The number of nitrogens with zero attached hydrogens (tertiary/aromatic N) is 2. The summed E-state index contributed by atoms with van der Waals surface area (Å²) in [5, 5.41) is 8.59. The lowest BCUT2D eigenvalue weighted by atomic mass is 9.96. The van der Waals surface area contributed by atoms with Crippen LogP contribution >= 0.6 is 0 Å². The molecule has 1 unspecified atom stereocenters. The Kier molecular flexibility index (Phi) is 5.15. The average Bonchev–Trinajstić information content (AvgIpc) is 2.39. The van der Waals surface area contributed by atoms with E-state index in [1.54, 1.807) is 12.1 Å². The number of ether oxygens (including phenoxy) is 1. The van der Waals surface area contributed by atoms with Crippen LogP contribution in [-0.4, -0.2) is 18.1 Å². The van der Waals surface area contributed by atoms with Gasteiger partial charge < -0.3 is 4.74 Å². The molecule has 0 aliphatic rings. The molecule has 1 aromatic rings. The van der Waals surface area contributed by atoms with Gasteiger partial charge >= 0.3 is 5.97 Å². The lowest BCUT2D eigenvalue weighted by Gasteiger charge is -2.13. The third-order valence-electron chi connectivity index (χ3n) is 2.68. The number of aromatic nitrogens is 1. The van der Waals surface area contributed by atoms with Gasteiger partial charge in [-0.05, 0) is 25.0 Å². The summed E-state index contributed by atoms with van der Waals surface area (Å²) in [6.07, 6.45) is 2.17. The molecule has 1 atom stereocenters. The number of carbonyl (C=O) groups excluding carboxylic acids is 1. The van der Waals surface area contributed by atoms with E-state index in [2.05, 4.69) is 22.7 Å². The van der Waals surface area contributed by atoms with Gasteiger partial charge in [0.15, 0.2) is 0 Å². The van der Waals surface area contributed by atoms with E-state index in [9.17, 15) is 4.79 Å². The van der Waals surface area contributed by atoms with Gasteiger partial charge in [0.25, 0.3) is 0 Å². The van der Waals surface area contributed by atoms with Crippen LogP contribution in [0.2, 0.25) is 0 Å². The maximum atomic E-state index is 11.4. The molecular formula is C13H16N2O2. The van der Waals surface area contributed by atoms with Crippen LogP contribution in [0.15, 0.2) is 18.2 Å². The minimum atomic E-state index is -0.429. The van der Waals surface area contributed by atoms with Crippen molar-refractivity contribution in [1.82, 2.24) is 4.98 Å². The summed E-state index contributed by atoms with van der Waals surface area (Å²) in [4.78, 5) is 15.6. The van der Waals surface area contributed by atoms with Crippen molar-refractivity contribution in [1.29, 1.82) is 5.26 Å². The topological polar surface area (TPSA) is 63.0 Å². The Morgan fingerprint density at radius 1 is 1.59 bits per heavy atom. The number of pyridine rings is 1. The van der Waals surface area contributed by atoms with Crippen LogP contribution in [0.1, 0.15) is 48.3 Å². The molecule has 1 aromatic heterocycles. The quantitative estimate of drug-likeness (QED) is 0.732. The van der Waals surface area contributed by atoms with Crippen molar-refractivity contribution in [3.05, 3.63) is 29.6 Å². The third-order valence-corrected chi connectivity index (χ3v) is 2.68. The fraction of sp³-hybridized carbons (Fsp3) is 0.462. The number of nitriles is 1. The van der Waals surface area contributed by atoms with E-state index in [-0.39, 0.29) is 5.92 Å². The molecule has 0 bridgehead atoms. The van der Waals surface area contributed by atoms with E-state index < -0.39 is 5.97 Å². The molecule has 17 heavy (non-hydrogen) atoms. The van der Waals surface area contributed by atoms with Crippen LogP contribution < -0.4 is 0 Å². The molecule has 0 N–H and O–H groups in total. The summed E-state index contributed by atoms with van der Waals surface area (Å²) < 4.78 is 4.63. The zero-order valence-corrected chi connectivity index (χ0v) is 10.1. The first-order valence-corrected chi connectivity index (χ1v) is 5.65. The second-order valence-electron chi connectivity index (χ2n) is 3.74. The van der Waals surface area contributed by atoms with Gasteiger partial charge in [0.2, 0.25) is 0 Å².